The molecule has 0 aromatic heterocycles. The molecule has 3 rings (SSSR count). The van der Waals surface area contributed by atoms with Crippen LogP contribution in [0.5, 0.6) is 0 Å². The van der Waals surface area contributed by atoms with Gasteiger partial charge in [-0.25, -0.2) is 0 Å². The Labute approximate surface area is 141 Å². The van der Waals surface area contributed by atoms with Gasteiger partial charge in [-0.15, -0.1) is 0 Å². The van der Waals surface area contributed by atoms with E-state index in [-0.39, 0.29) is 28.0 Å². The topological polar surface area (TPSA) is 0 Å². The van der Waals surface area contributed by atoms with Crippen LogP contribution < -0.4 is 0 Å². The van der Waals surface area contributed by atoms with E-state index < -0.39 is 0 Å². The molecule has 0 N–H and O–H groups in total. The molecule has 119 valence electrons. The number of rotatable bonds is 3. The molecule has 1 radical (unpaired) electrons. The fourth-order valence-electron chi connectivity index (χ4n) is 5.31. The molecule has 3 aliphatic carbocycles. The molecule has 0 aromatic rings. The van der Waals surface area contributed by atoms with Crippen molar-refractivity contribution in [3.8, 4) is 0 Å². The number of hydrogen-bond acceptors (Lipinski definition) is 0. The fourth-order valence-corrected chi connectivity index (χ4v) is 10.5. The molecule has 0 amide bonds. The molecule has 0 heterocycles. The summed E-state index contributed by atoms with van der Waals surface area (Å²) in [5.74, 6) is 0. The third-order valence-corrected chi connectivity index (χ3v) is 10.8. The minimum Gasteiger partial charge on any atom is -0.0530 e. The fraction of sp³-hybridized carbons (Fsp3) is 1.00. The molecule has 3 saturated carbocycles. The van der Waals surface area contributed by atoms with Crippen LogP contribution in [-0.4, -0.2) is 17.0 Å². The Morgan fingerprint density at radius 3 is 0.900 bits per heavy atom. The number of hydrogen-bond donors (Lipinski definition) is 0. The summed E-state index contributed by atoms with van der Waals surface area (Å²) in [6.07, 6.45) is 23.8. The molecule has 3 fully saturated rings. The van der Waals surface area contributed by atoms with Gasteiger partial charge in [0.15, 0.2) is 0 Å². The van der Waals surface area contributed by atoms with Gasteiger partial charge in [-0.1, -0.05) is 19.3 Å². The van der Waals surface area contributed by atoms with Gasteiger partial charge < -0.3 is 0 Å². The van der Waals surface area contributed by atoms with Crippen LogP contribution in [0.25, 0.3) is 0 Å². The second kappa shape index (κ2) is 9.27. The van der Waals surface area contributed by atoms with Crippen LogP contribution >= 0.6 is 7.92 Å². The van der Waals surface area contributed by atoms with Gasteiger partial charge in [-0.3, -0.25) is 0 Å². The monoisotopic (exact) mass is 474 g/mol. The summed E-state index contributed by atoms with van der Waals surface area (Å²) in [4.78, 5) is 0. The van der Waals surface area contributed by atoms with Crippen molar-refractivity contribution in [2.24, 2.45) is 0 Å². The summed E-state index contributed by atoms with van der Waals surface area (Å²) >= 11 is 0. The van der Waals surface area contributed by atoms with E-state index in [1.807, 2.05) is 0 Å². The van der Waals surface area contributed by atoms with E-state index in [1.54, 1.807) is 96.3 Å². The van der Waals surface area contributed by atoms with Crippen LogP contribution in [0.15, 0.2) is 0 Å². The van der Waals surface area contributed by atoms with Gasteiger partial charge in [0.05, 0.1) is 17.0 Å². The predicted molar refractivity (Wildman–Crippen MR) is 88.9 cm³/mol. The Bertz CT molecular complexity index is 207. The van der Waals surface area contributed by atoms with Gasteiger partial charge in [0.2, 0.25) is 0 Å². The summed E-state index contributed by atoms with van der Waals surface area (Å²) in [7, 11) is -0.0465. The maximum absolute atomic E-state index is 1.63. The first kappa shape index (κ1) is 17.4. The molecule has 0 spiro atoms. The van der Waals surface area contributed by atoms with E-state index in [2.05, 4.69) is 0 Å². The summed E-state index contributed by atoms with van der Waals surface area (Å²) in [5.41, 5.74) is 3.68. The Hall–Kier alpha value is 1.08. The Morgan fingerprint density at radius 2 is 0.650 bits per heavy atom. The van der Waals surface area contributed by atoms with Crippen LogP contribution in [0, 0.1) is 0 Å². The van der Waals surface area contributed by atoms with Gasteiger partial charge in [0, 0.05) is 28.0 Å². The summed E-state index contributed by atoms with van der Waals surface area (Å²) in [5, 5.41) is 0. The molecule has 2 heteroatoms. The van der Waals surface area contributed by atoms with Crippen molar-refractivity contribution in [2.45, 2.75) is 113 Å². The largest absolute Gasteiger partial charge is 0.0680 e. The zero-order chi connectivity index (χ0) is 12.9. The van der Waals surface area contributed by atoms with Crippen molar-refractivity contribution in [3.63, 3.8) is 0 Å². The van der Waals surface area contributed by atoms with Gasteiger partial charge in [-0.2, -0.15) is 0 Å². The third kappa shape index (κ3) is 4.54. The quantitative estimate of drug-likeness (QED) is 0.429. The zero-order valence-corrected chi connectivity index (χ0v) is 16.6. The maximum Gasteiger partial charge on any atom is 0.0680 e. The van der Waals surface area contributed by atoms with Gasteiger partial charge >= 0.3 is 0 Å². The molecule has 0 nitrogen and oxygen atoms in total. The summed E-state index contributed by atoms with van der Waals surface area (Å²) in [6.45, 7) is 0. The summed E-state index contributed by atoms with van der Waals surface area (Å²) < 4.78 is 0. The molecule has 0 unspecified atom stereocenters. The smallest absolute Gasteiger partial charge is 0.0530 e. The van der Waals surface area contributed by atoms with Crippen molar-refractivity contribution in [1.82, 2.24) is 0 Å². The van der Waals surface area contributed by atoms with E-state index >= 15 is 0 Å². The third-order valence-electron chi connectivity index (χ3n) is 6.23. The van der Waals surface area contributed by atoms with Gasteiger partial charge in [0.25, 0.3) is 0 Å². The molecule has 0 atom stereocenters. The van der Waals surface area contributed by atoms with E-state index in [9.17, 15) is 0 Å². The Morgan fingerprint density at radius 1 is 0.400 bits per heavy atom. The second-order valence-electron chi connectivity index (χ2n) is 7.50. The Balaban J connectivity index is 0.00000147. The molecule has 0 saturated heterocycles. The first-order valence-corrected chi connectivity index (χ1v) is 11.0. The molecular formula is C18H34IrP+. The first-order chi connectivity index (χ1) is 9.45. The average Bonchev–Trinajstić information content (AvgIpc) is 2.51. The minimum absolute atomic E-state index is 0. The van der Waals surface area contributed by atoms with E-state index in [0.29, 0.717) is 0 Å². The molecule has 20 heavy (non-hydrogen) atoms. The van der Waals surface area contributed by atoms with Crippen molar-refractivity contribution < 1.29 is 20.1 Å². The van der Waals surface area contributed by atoms with Crippen LogP contribution in [0.1, 0.15) is 96.3 Å². The Kier molecular flexibility index (Phi) is 8.08. The van der Waals surface area contributed by atoms with Crippen molar-refractivity contribution in [1.29, 1.82) is 0 Å². The molecule has 3 aliphatic rings. The first-order valence-electron chi connectivity index (χ1n) is 9.32. The van der Waals surface area contributed by atoms with Crippen LogP contribution in [0.4, 0.5) is 0 Å². The van der Waals surface area contributed by atoms with Gasteiger partial charge in [-0.05, 0) is 77.0 Å². The molecular weight excluding hydrogens is 439 g/mol. The van der Waals surface area contributed by atoms with E-state index in [0.717, 1.165) is 0 Å². The molecule has 0 aromatic carbocycles. The summed E-state index contributed by atoms with van der Waals surface area (Å²) in [6, 6.07) is 0. The average molecular weight is 474 g/mol. The van der Waals surface area contributed by atoms with Crippen molar-refractivity contribution in [2.75, 3.05) is 0 Å². The van der Waals surface area contributed by atoms with Crippen molar-refractivity contribution >= 4 is 7.92 Å². The molecule has 0 aliphatic heterocycles. The van der Waals surface area contributed by atoms with Crippen molar-refractivity contribution in [3.05, 3.63) is 0 Å². The van der Waals surface area contributed by atoms with E-state index in [1.165, 1.54) is 17.0 Å². The van der Waals surface area contributed by atoms with E-state index in [4.69, 9.17) is 0 Å². The second-order valence-corrected chi connectivity index (χ2v) is 11.0. The standard InChI is InChI=1S/C18H33P.Ir/c1-4-10-16(11-5-1)19(17-12-6-2-7-13-17)18-14-8-3-9-15-18;/h16-18H,1-15H2;/p+1. The van der Waals surface area contributed by atoms with Crippen LogP contribution in [0.2, 0.25) is 0 Å². The normalized spacial score (nSPS) is 27.4. The molecule has 0 bridgehead atoms. The maximum atomic E-state index is 1.63. The minimum atomic E-state index is -0.0465. The zero-order valence-electron chi connectivity index (χ0n) is 13.2. The van der Waals surface area contributed by atoms with Crippen LogP contribution in [-0.2, 0) is 20.1 Å². The van der Waals surface area contributed by atoms with Crippen LogP contribution in [0.3, 0.4) is 0 Å². The predicted octanol–water partition coefficient (Wildman–Crippen LogP) is 6.20. The SMILES string of the molecule is C1CCC([PH+](C2CCCCC2)C2CCCCC2)CC1.[Ir]. The van der Waals surface area contributed by atoms with Gasteiger partial charge in [0.1, 0.15) is 0 Å².